The van der Waals surface area contributed by atoms with Gasteiger partial charge < -0.3 is 19.1 Å². The number of amides is 2. The Kier molecular flexibility index (Phi) is 6.26. The molecule has 1 aromatic carbocycles. The van der Waals surface area contributed by atoms with Gasteiger partial charge in [0.2, 0.25) is 17.7 Å². The summed E-state index contributed by atoms with van der Waals surface area (Å²) in [4.78, 5) is 25.4. The van der Waals surface area contributed by atoms with Crippen LogP contribution in [0.4, 0.5) is 0 Å². The first-order chi connectivity index (χ1) is 13.1. The maximum Gasteiger partial charge on any atom is 0.277 e. The second-order valence-electron chi connectivity index (χ2n) is 5.63. The molecule has 2 heterocycles. The fourth-order valence-corrected chi connectivity index (χ4v) is 2.86. The first-order valence-corrected chi connectivity index (χ1v) is 9.15. The number of nitrogens with zero attached hydrogens (tertiary/aromatic N) is 3. The van der Waals surface area contributed by atoms with Gasteiger partial charge in [-0.1, -0.05) is 30.0 Å². The molecule has 0 fully saturated rings. The van der Waals surface area contributed by atoms with Crippen molar-refractivity contribution in [2.45, 2.75) is 11.8 Å². The predicted molar refractivity (Wildman–Crippen MR) is 98.6 cm³/mol. The average molecular weight is 386 g/mol. The molecule has 0 saturated carbocycles. The van der Waals surface area contributed by atoms with E-state index in [1.54, 1.807) is 19.2 Å². The lowest BCUT2D eigenvalue weighted by molar-refractivity contribution is -0.132. The van der Waals surface area contributed by atoms with Crippen LogP contribution in [-0.4, -0.2) is 46.3 Å². The molecule has 0 bridgehead atoms. The highest BCUT2D eigenvalue weighted by molar-refractivity contribution is 7.99. The van der Waals surface area contributed by atoms with Gasteiger partial charge in [0, 0.05) is 12.6 Å². The number of benzene rings is 1. The van der Waals surface area contributed by atoms with Crippen molar-refractivity contribution < 1.29 is 18.4 Å². The summed E-state index contributed by atoms with van der Waals surface area (Å²) in [6.07, 6.45) is 1.54. The summed E-state index contributed by atoms with van der Waals surface area (Å²) in [6, 6.07) is 12.9. The average Bonchev–Trinajstić information content (AvgIpc) is 3.37. The van der Waals surface area contributed by atoms with Crippen LogP contribution in [-0.2, 0) is 16.1 Å². The van der Waals surface area contributed by atoms with E-state index >= 15 is 0 Å². The van der Waals surface area contributed by atoms with E-state index in [1.807, 2.05) is 30.3 Å². The molecule has 0 aliphatic carbocycles. The molecule has 3 aromatic rings. The molecule has 2 aromatic heterocycles. The zero-order valence-electron chi connectivity index (χ0n) is 14.6. The summed E-state index contributed by atoms with van der Waals surface area (Å²) in [7, 11) is 1.57. The van der Waals surface area contributed by atoms with Gasteiger partial charge in [-0.2, -0.15) is 0 Å². The minimum absolute atomic E-state index is 0.0425. The largest absolute Gasteiger partial charge is 0.467 e. The van der Waals surface area contributed by atoms with Crippen molar-refractivity contribution in [2.24, 2.45) is 0 Å². The molecule has 3 rings (SSSR count). The monoisotopic (exact) mass is 386 g/mol. The third kappa shape index (κ3) is 5.45. The van der Waals surface area contributed by atoms with Gasteiger partial charge in [-0.15, -0.1) is 10.2 Å². The molecule has 9 heteroatoms. The second-order valence-corrected chi connectivity index (χ2v) is 6.56. The van der Waals surface area contributed by atoms with Crippen LogP contribution in [0.3, 0.4) is 0 Å². The number of aromatic nitrogens is 2. The molecule has 2 amide bonds. The van der Waals surface area contributed by atoms with Crippen LogP contribution in [0.15, 0.2) is 62.8 Å². The number of nitrogens with one attached hydrogen (secondary N) is 1. The normalized spacial score (nSPS) is 10.6. The molecule has 140 valence electrons. The first-order valence-electron chi connectivity index (χ1n) is 8.16. The van der Waals surface area contributed by atoms with Crippen LogP contribution in [0.1, 0.15) is 5.76 Å². The number of carbonyl (C=O) groups is 2. The third-order valence-electron chi connectivity index (χ3n) is 3.59. The van der Waals surface area contributed by atoms with Gasteiger partial charge >= 0.3 is 0 Å². The second kappa shape index (κ2) is 9.04. The van der Waals surface area contributed by atoms with E-state index in [4.69, 9.17) is 8.83 Å². The van der Waals surface area contributed by atoms with E-state index in [1.165, 1.54) is 11.2 Å². The van der Waals surface area contributed by atoms with Crippen molar-refractivity contribution in [3.8, 4) is 11.5 Å². The first kappa shape index (κ1) is 18.7. The molecular formula is C18H18N4O4S. The van der Waals surface area contributed by atoms with Gasteiger partial charge in [0.1, 0.15) is 5.76 Å². The molecule has 0 aliphatic heterocycles. The predicted octanol–water partition coefficient (Wildman–Crippen LogP) is 2.20. The Labute approximate surface area is 159 Å². The van der Waals surface area contributed by atoms with Crippen molar-refractivity contribution >= 4 is 23.6 Å². The Morgan fingerprint density at radius 3 is 2.70 bits per heavy atom. The van der Waals surface area contributed by atoms with Gasteiger partial charge in [-0.25, -0.2) is 0 Å². The SMILES string of the molecule is CN(CC(=O)NCc1ccco1)C(=O)CSc1nnc(-c2ccccc2)o1. The Morgan fingerprint density at radius 1 is 1.15 bits per heavy atom. The highest BCUT2D eigenvalue weighted by atomic mass is 32.2. The smallest absolute Gasteiger partial charge is 0.277 e. The molecule has 27 heavy (non-hydrogen) atoms. The lowest BCUT2D eigenvalue weighted by Crippen LogP contribution is -2.38. The Bertz CT molecular complexity index is 880. The number of carbonyl (C=O) groups excluding carboxylic acids is 2. The minimum Gasteiger partial charge on any atom is -0.467 e. The molecule has 1 N–H and O–H groups in total. The van der Waals surface area contributed by atoms with Gasteiger partial charge in [0.15, 0.2) is 0 Å². The van der Waals surface area contributed by atoms with Gasteiger partial charge in [0.25, 0.3) is 5.22 Å². The molecule has 0 unspecified atom stereocenters. The highest BCUT2D eigenvalue weighted by Crippen LogP contribution is 2.22. The zero-order valence-corrected chi connectivity index (χ0v) is 15.4. The number of thioether (sulfide) groups is 1. The number of likely N-dealkylation sites (N-methyl/N-ethyl adjacent to an activating group) is 1. The molecule has 0 saturated heterocycles. The summed E-state index contributed by atoms with van der Waals surface area (Å²) in [6.45, 7) is 0.242. The third-order valence-corrected chi connectivity index (χ3v) is 4.40. The Hall–Kier alpha value is -3.07. The van der Waals surface area contributed by atoms with Crippen LogP contribution in [0, 0.1) is 0 Å². The Morgan fingerprint density at radius 2 is 1.96 bits per heavy atom. The number of hydrogen-bond acceptors (Lipinski definition) is 7. The molecule has 0 spiro atoms. The van der Waals surface area contributed by atoms with Crippen LogP contribution >= 0.6 is 11.8 Å². The standard InChI is InChI=1S/C18H18N4O4S/c1-22(11-15(23)19-10-14-8-5-9-25-14)16(24)12-27-18-21-20-17(26-18)13-6-3-2-4-7-13/h2-9H,10-12H2,1H3,(H,19,23). The molecular weight excluding hydrogens is 368 g/mol. The lowest BCUT2D eigenvalue weighted by atomic mass is 10.2. The fraction of sp³-hybridized carbons (Fsp3) is 0.222. The summed E-state index contributed by atoms with van der Waals surface area (Å²) in [5, 5.41) is 10.9. The van der Waals surface area contributed by atoms with E-state index in [9.17, 15) is 9.59 Å². The van der Waals surface area contributed by atoms with Gasteiger partial charge in [-0.05, 0) is 24.3 Å². The van der Waals surface area contributed by atoms with Crippen molar-refractivity contribution in [1.82, 2.24) is 20.4 Å². The molecule has 0 atom stereocenters. The quantitative estimate of drug-likeness (QED) is 0.592. The van der Waals surface area contributed by atoms with Gasteiger partial charge in [-0.3, -0.25) is 9.59 Å². The lowest BCUT2D eigenvalue weighted by Gasteiger charge is -2.15. The van der Waals surface area contributed by atoms with E-state index in [-0.39, 0.29) is 30.7 Å². The maximum absolute atomic E-state index is 12.2. The van der Waals surface area contributed by atoms with E-state index in [0.717, 1.165) is 17.3 Å². The van der Waals surface area contributed by atoms with E-state index in [2.05, 4.69) is 15.5 Å². The van der Waals surface area contributed by atoms with Crippen molar-refractivity contribution in [3.05, 3.63) is 54.5 Å². The van der Waals surface area contributed by atoms with Crippen LogP contribution in [0.25, 0.3) is 11.5 Å². The summed E-state index contributed by atoms with van der Waals surface area (Å²) >= 11 is 1.13. The van der Waals surface area contributed by atoms with Crippen LogP contribution in [0.2, 0.25) is 0 Å². The summed E-state index contributed by atoms with van der Waals surface area (Å²) in [5.74, 6) is 0.664. The van der Waals surface area contributed by atoms with Crippen molar-refractivity contribution in [2.75, 3.05) is 19.3 Å². The van der Waals surface area contributed by atoms with Crippen LogP contribution in [0.5, 0.6) is 0 Å². The van der Waals surface area contributed by atoms with Crippen LogP contribution < -0.4 is 5.32 Å². The summed E-state index contributed by atoms with van der Waals surface area (Å²) in [5.41, 5.74) is 0.813. The van der Waals surface area contributed by atoms with Gasteiger partial charge in [0.05, 0.1) is 25.1 Å². The highest BCUT2D eigenvalue weighted by Gasteiger charge is 2.16. The maximum atomic E-state index is 12.2. The zero-order chi connectivity index (χ0) is 19.1. The fourth-order valence-electron chi connectivity index (χ4n) is 2.16. The number of furan rings is 1. The minimum atomic E-state index is -0.267. The molecule has 0 radical (unpaired) electrons. The number of rotatable bonds is 8. The van der Waals surface area contributed by atoms with E-state index < -0.39 is 0 Å². The number of hydrogen-bond donors (Lipinski definition) is 1. The van der Waals surface area contributed by atoms with Crippen molar-refractivity contribution in [1.29, 1.82) is 0 Å². The Balaban J connectivity index is 1.43. The topological polar surface area (TPSA) is 101 Å². The summed E-state index contributed by atoms with van der Waals surface area (Å²) < 4.78 is 10.7. The molecule has 0 aliphatic rings. The van der Waals surface area contributed by atoms with Crippen molar-refractivity contribution in [3.63, 3.8) is 0 Å². The molecule has 8 nitrogen and oxygen atoms in total. The van der Waals surface area contributed by atoms with E-state index in [0.29, 0.717) is 16.9 Å².